The molecule has 0 saturated carbocycles. The van der Waals surface area contributed by atoms with Crippen LogP contribution in [0.3, 0.4) is 0 Å². The van der Waals surface area contributed by atoms with Crippen molar-refractivity contribution in [3.8, 4) is 0 Å². The molecule has 2 aromatic rings. The van der Waals surface area contributed by atoms with E-state index in [9.17, 15) is 18.0 Å². The maximum atomic E-state index is 12.1. The summed E-state index contributed by atoms with van der Waals surface area (Å²) in [5, 5.41) is 0. The van der Waals surface area contributed by atoms with Crippen LogP contribution in [0, 0.1) is 6.92 Å². The number of nitrogens with zero attached hydrogens (tertiary/aromatic N) is 1. The second-order valence-electron chi connectivity index (χ2n) is 5.13. The standard InChI is InChI=1S/C15H17N3O4S2/c1-10-7-8-13(23-10)15(20)17-16-14(19)11-5-4-6-12(9-11)24(21,22)18(2)3/h4-9H,1-3H3,(H,16,19)(H,17,20). The van der Waals surface area contributed by atoms with Crippen molar-refractivity contribution in [1.82, 2.24) is 15.2 Å². The van der Waals surface area contributed by atoms with Gasteiger partial charge in [-0.05, 0) is 37.3 Å². The van der Waals surface area contributed by atoms with Crippen molar-refractivity contribution in [3.05, 3.63) is 51.7 Å². The van der Waals surface area contributed by atoms with E-state index in [0.29, 0.717) is 4.88 Å². The zero-order chi connectivity index (χ0) is 17.9. The highest BCUT2D eigenvalue weighted by Crippen LogP contribution is 2.15. The number of nitrogens with one attached hydrogen (secondary N) is 2. The van der Waals surface area contributed by atoms with E-state index in [2.05, 4.69) is 10.9 Å². The number of hydrazine groups is 1. The Balaban J connectivity index is 2.09. The lowest BCUT2D eigenvalue weighted by Gasteiger charge is -2.12. The van der Waals surface area contributed by atoms with Gasteiger partial charge in [0, 0.05) is 24.5 Å². The Morgan fingerprint density at radius 1 is 1.04 bits per heavy atom. The number of hydrogen-bond acceptors (Lipinski definition) is 5. The summed E-state index contributed by atoms with van der Waals surface area (Å²) in [6.45, 7) is 1.87. The number of thiophene rings is 1. The van der Waals surface area contributed by atoms with Crippen LogP contribution in [0.1, 0.15) is 24.9 Å². The molecule has 0 fully saturated rings. The maximum Gasteiger partial charge on any atom is 0.279 e. The van der Waals surface area contributed by atoms with Gasteiger partial charge in [0.2, 0.25) is 10.0 Å². The summed E-state index contributed by atoms with van der Waals surface area (Å²) in [6.07, 6.45) is 0. The Morgan fingerprint density at radius 2 is 1.71 bits per heavy atom. The first-order valence-corrected chi connectivity index (χ1v) is 9.17. The number of carbonyl (C=O) groups is 2. The molecule has 0 unspecified atom stereocenters. The van der Waals surface area contributed by atoms with Crippen molar-refractivity contribution >= 4 is 33.2 Å². The Bertz CT molecular complexity index is 872. The lowest BCUT2D eigenvalue weighted by atomic mass is 10.2. The van der Waals surface area contributed by atoms with E-state index >= 15 is 0 Å². The van der Waals surface area contributed by atoms with Gasteiger partial charge in [-0.1, -0.05) is 6.07 Å². The van der Waals surface area contributed by atoms with Gasteiger partial charge in [-0.15, -0.1) is 11.3 Å². The maximum absolute atomic E-state index is 12.1. The SMILES string of the molecule is Cc1ccc(C(=O)NNC(=O)c2cccc(S(=O)(=O)N(C)C)c2)s1. The Kier molecular flexibility index (Phi) is 5.37. The Labute approximate surface area is 144 Å². The van der Waals surface area contributed by atoms with Crippen LogP contribution in [0.5, 0.6) is 0 Å². The van der Waals surface area contributed by atoms with Gasteiger partial charge in [-0.25, -0.2) is 12.7 Å². The van der Waals surface area contributed by atoms with Gasteiger partial charge in [-0.2, -0.15) is 0 Å². The predicted octanol–water partition coefficient (Wildman–Crippen LogP) is 1.38. The van der Waals surface area contributed by atoms with Crippen molar-refractivity contribution in [2.45, 2.75) is 11.8 Å². The van der Waals surface area contributed by atoms with E-state index < -0.39 is 21.8 Å². The molecule has 0 atom stereocenters. The summed E-state index contributed by atoms with van der Waals surface area (Å²) < 4.78 is 25.2. The largest absolute Gasteiger partial charge is 0.279 e. The average molecular weight is 367 g/mol. The lowest BCUT2D eigenvalue weighted by molar-refractivity contribution is 0.0849. The fraction of sp³-hybridized carbons (Fsp3) is 0.200. The van der Waals surface area contributed by atoms with E-state index in [1.165, 1.54) is 49.7 Å². The monoisotopic (exact) mass is 367 g/mol. The summed E-state index contributed by atoms with van der Waals surface area (Å²) in [5.41, 5.74) is 4.70. The minimum absolute atomic E-state index is 0.000332. The van der Waals surface area contributed by atoms with E-state index in [1.54, 1.807) is 12.1 Å². The first-order valence-electron chi connectivity index (χ1n) is 6.91. The summed E-state index contributed by atoms with van der Waals surface area (Å²) in [7, 11) is -0.821. The molecular formula is C15H17N3O4S2. The molecule has 0 aliphatic carbocycles. The second-order valence-corrected chi connectivity index (χ2v) is 8.57. The van der Waals surface area contributed by atoms with Gasteiger partial charge in [0.05, 0.1) is 9.77 Å². The molecule has 0 saturated heterocycles. The Morgan fingerprint density at radius 3 is 2.29 bits per heavy atom. The topological polar surface area (TPSA) is 95.6 Å². The molecule has 1 aromatic heterocycles. The van der Waals surface area contributed by atoms with Crippen LogP contribution in [0.4, 0.5) is 0 Å². The number of aryl methyl sites for hydroxylation is 1. The number of sulfonamides is 1. The highest BCUT2D eigenvalue weighted by molar-refractivity contribution is 7.89. The average Bonchev–Trinajstić information content (AvgIpc) is 2.98. The van der Waals surface area contributed by atoms with Gasteiger partial charge in [0.1, 0.15) is 0 Å². The van der Waals surface area contributed by atoms with E-state index in [-0.39, 0.29) is 10.5 Å². The minimum atomic E-state index is -3.64. The summed E-state index contributed by atoms with van der Waals surface area (Å²) in [6, 6.07) is 9.05. The van der Waals surface area contributed by atoms with Crippen LogP contribution < -0.4 is 10.9 Å². The molecule has 0 bridgehead atoms. The number of amides is 2. The molecule has 1 heterocycles. The van der Waals surface area contributed by atoms with Gasteiger partial charge in [0.25, 0.3) is 11.8 Å². The molecule has 24 heavy (non-hydrogen) atoms. The van der Waals surface area contributed by atoms with Gasteiger partial charge < -0.3 is 0 Å². The first kappa shape index (κ1) is 18.1. The quantitative estimate of drug-likeness (QED) is 0.798. The summed E-state index contributed by atoms with van der Waals surface area (Å²) in [5.74, 6) is -1.04. The molecule has 2 amide bonds. The van der Waals surface area contributed by atoms with Crippen LogP contribution in [0.25, 0.3) is 0 Å². The van der Waals surface area contributed by atoms with Crippen LogP contribution in [0.2, 0.25) is 0 Å². The minimum Gasteiger partial charge on any atom is -0.267 e. The van der Waals surface area contributed by atoms with Crippen molar-refractivity contribution in [3.63, 3.8) is 0 Å². The zero-order valence-corrected chi connectivity index (χ0v) is 15.0. The summed E-state index contributed by atoms with van der Waals surface area (Å²) >= 11 is 1.30. The number of rotatable bonds is 4. The van der Waals surface area contributed by atoms with Gasteiger partial charge >= 0.3 is 0 Å². The van der Waals surface area contributed by atoms with Crippen LogP contribution in [-0.2, 0) is 10.0 Å². The fourth-order valence-electron chi connectivity index (χ4n) is 1.81. The molecule has 0 radical (unpaired) electrons. The molecule has 9 heteroatoms. The first-order chi connectivity index (χ1) is 11.2. The molecule has 0 aliphatic heterocycles. The third-order valence-corrected chi connectivity index (χ3v) is 5.94. The zero-order valence-electron chi connectivity index (χ0n) is 13.4. The van der Waals surface area contributed by atoms with Crippen LogP contribution in [0.15, 0.2) is 41.3 Å². The molecule has 2 rings (SSSR count). The number of carbonyl (C=O) groups excluding carboxylic acids is 2. The Hall–Kier alpha value is -2.23. The van der Waals surface area contributed by atoms with Crippen LogP contribution >= 0.6 is 11.3 Å². The van der Waals surface area contributed by atoms with Crippen molar-refractivity contribution < 1.29 is 18.0 Å². The van der Waals surface area contributed by atoms with Crippen molar-refractivity contribution in [2.24, 2.45) is 0 Å². The molecular weight excluding hydrogens is 350 g/mol. The molecule has 0 aliphatic rings. The van der Waals surface area contributed by atoms with E-state index in [4.69, 9.17) is 0 Å². The van der Waals surface area contributed by atoms with Gasteiger partial charge in [0.15, 0.2) is 0 Å². The van der Waals surface area contributed by atoms with Crippen molar-refractivity contribution in [2.75, 3.05) is 14.1 Å². The molecule has 0 spiro atoms. The van der Waals surface area contributed by atoms with E-state index in [0.717, 1.165) is 9.18 Å². The number of hydrogen-bond donors (Lipinski definition) is 2. The molecule has 1 aromatic carbocycles. The van der Waals surface area contributed by atoms with Crippen LogP contribution in [-0.4, -0.2) is 38.6 Å². The van der Waals surface area contributed by atoms with Crippen molar-refractivity contribution in [1.29, 1.82) is 0 Å². The third-order valence-electron chi connectivity index (χ3n) is 3.13. The predicted molar refractivity (Wildman–Crippen MR) is 91.3 cm³/mol. The molecule has 2 N–H and O–H groups in total. The number of benzene rings is 1. The van der Waals surface area contributed by atoms with E-state index in [1.807, 2.05) is 6.92 Å². The summed E-state index contributed by atoms with van der Waals surface area (Å²) in [4.78, 5) is 25.4. The highest BCUT2D eigenvalue weighted by atomic mass is 32.2. The molecule has 128 valence electrons. The third kappa shape index (κ3) is 3.99. The second kappa shape index (κ2) is 7.12. The molecule has 7 nitrogen and oxygen atoms in total. The smallest absolute Gasteiger partial charge is 0.267 e. The van der Waals surface area contributed by atoms with Gasteiger partial charge in [-0.3, -0.25) is 20.4 Å². The normalized spacial score (nSPS) is 11.3. The highest BCUT2D eigenvalue weighted by Gasteiger charge is 2.19. The lowest BCUT2D eigenvalue weighted by Crippen LogP contribution is -2.41. The fourth-order valence-corrected chi connectivity index (χ4v) is 3.52.